The molecule has 0 saturated carbocycles. The fourth-order valence-electron chi connectivity index (χ4n) is 3.41. The summed E-state index contributed by atoms with van der Waals surface area (Å²) < 4.78 is 66.9. The number of likely N-dealkylation sites (N-methyl/N-ethyl adjacent to an activating group) is 1. The number of hydrogen-bond acceptors (Lipinski definition) is 2. The quantitative estimate of drug-likeness (QED) is 0.754. The maximum Gasteiger partial charge on any atom is 0.416 e. The van der Waals surface area contributed by atoms with Crippen molar-refractivity contribution in [2.45, 2.75) is 24.6 Å². The first kappa shape index (κ1) is 19.8. The largest absolute Gasteiger partial charge is 0.416 e. The van der Waals surface area contributed by atoms with Crippen LogP contribution in [0, 0.1) is 17.0 Å². The van der Waals surface area contributed by atoms with Crippen molar-refractivity contribution in [3.8, 4) is 0 Å². The average Bonchev–Trinajstić information content (AvgIpc) is 2.61. The summed E-state index contributed by atoms with van der Waals surface area (Å²) in [5, 5.41) is 10.7. The molecule has 1 heterocycles. The van der Waals surface area contributed by atoms with Gasteiger partial charge in [-0.25, -0.2) is 8.78 Å². The third kappa shape index (κ3) is 3.21. The number of benzene rings is 2. The highest BCUT2D eigenvalue weighted by Crippen LogP contribution is 2.42. The molecule has 0 spiro atoms. The molecule has 2 aromatic carbocycles. The van der Waals surface area contributed by atoms with Crippen molar-refractivity contribution < 1.29 is 26.7 Å². The van der Waals surface area contributed by atoms with Gasteiger partial charge in [0, 0.05) is 12.6 Å². The minimum absolute atomic E-state index is 0.177. The fraction of sp³-hybridized carbons (Fsp3) is 0.263. The lowest BCUT2D eigenvalue weighted by atomic mass is 9.73. The molecular weight excluding hydrogens is 381 g/mol. The first-order chi connectivity index (χ1) is 12.9. The van der Waals surface area contributed by atoms with Gasteiger partial charge < -0.3 is 5.32 Å². The molecule has 0 radical (unpaired) electrons. The monoisotopic (exact) mass is 397 g/mol. The summed E-state index contributed by atoms with van der Waals surface area (Å²) in [5.74, 6) is -3.71. The van der Waals surface area contributed by atoms with E-state index in [1.165, 1.54) is 14.0 Å². The van der Waals surface area contributed by atoms with Gasteiger partial charge in [0.2, 0.25) is 5.91 Å². The van der Waals surface area contributed by atoms with E-state index < -0.39 is 40.7 Å². The Bertz CT molecular complexity index is 942. The van der Waals surface area contributed by atoms with Crippen LogP contribution in [0.4, 0.5) is 22.0 Å². The van der Waals surface area contributed by atoms with Crippen molar-refractivity contribution in [3.63, 3.8) is 0 Å². The summed E-state index contributed by atoms with van der Waals surface area (Å²) in [6, 6.07) is 6.63. The molecule has 1 aliphatic heterocycles. The summed E-state index contributed by atoms with van der Waals surface area (Å²) >= 11 is 0. The van der Waals surface area contributed by atoms with Gasteiger partial charge >= 0.3 is 6.18 Å². The normalized spacial score (nSPS) is 23.0. The van der Waals surface area contributed by atoms with Gasteiger partial charge in [0.25, 0.3) is 0 Å². The number of alkyl halides is 3. The lowest BCUT2D eigenvalue weighted by molar-refractivity contribution is -0.137. The zero-order chi connectivity index (χ0) is 20.9. The van der Waals surface area contributed by atoms with Crippen LogP contribution in [0.15, 0.2) is 42.5 Å². The Morgan fingerprint density at radius 3 is 2.29 bits per heavy atom. The number of nitrogens with zero attached hydrogens (tertiary/aromatic N) is 1. The molecule has 148 valence electrons. The Morgan fingerprint density at radius 1 is 1.11 bits per heavy atom. The average molecular weight is 397 g/mol. The van der Waals surface area contributed by atoms with Crippen LogP contribution in [0.5, 0.6) is 0 Å². The zero-order valence-corrected chi connectivity index (χ0v) is 14.9. The molecule has 0 aromatic heterocycles. The number of rotatable bonds is 2. The number of carbonyl (C=O) groups is 1. The molecule has 4 nitrogen and oxygen atoms in total. The second-order valence-corrected chi connectivity index (χ2v) is 6.75. The molecule has 9 heteroatoms. The molecule has 1 aliphatic rings. The molecule has 1 saturated heterocycles. The van der Waals surface area contributed by atoms with Gasteiger partial charge in [-0.1, -0.05) is 12.1 Å². The number of halogens is 5. The van der Waals surface area contributed by atoms with E-state index >= 15 is 0 Å². The van der Waals surface area contributed by atoms with Crippen LogP contribution in [0.1, 0.15) is 29.5 Å². The zero-order valence-electron chi connectivity index (χ0n) is 14.9. The van der Waals surface area contributed by atoms with Crippen LogP contribution in [0.3, 0.4) is 0 Å². The molecule has 2 atom stereocenters. The van der Waals surface area contributed by atoms with Gasteiger partial charge in [-0.05, 0) is 42.8 Å². The van der Waals surface area contributed by atoms with Crippen LogP contribution >= 0.6 is 0 Å². The Hall–Kier alpha value is -2.97. The number of guanidine groups is 1. The van der Waals surface area contributed by atoms with Gasteiger partial charge in [-0.3, -0.25) is 15.1 Å². The molecule has 0 aliphatic carbocycles. The van der Waals surface area contributed by atoms with Crippen molar-refractivity contribution in [1.29, 1.82) is 5.41 Å². The second-order valence-electron chi connectivity index (χ2n) is 6.75. The van der Waals surface area contributed by atoms with E-state index in [1.54, 1.807) is 0 Å². The van der Waals surface area contributed by atoms with Gasteiger partial charge in [0.1, 0.15) is 11.6 Å². The van der Waals surface area contributed by atoms with Crippen LogP contribution < -0.4 is 5.32 Å². The van der Waals surface area contributed by atoms with Gasteiger partial charge in [-0.15, -0.1) is 0 Å². The van der Waals surface area contributed by atoms with E-state index in [1.807, 2.05) is 0 Å². The van der Waals surface area contributed by atoms with E-state index in [-0.39, 0.29) is 17.1 Å². The Kier molecular flexibility index (Phi) is 4.64. The van der Waals surface area contributed by atoms with Gasteiger partial charge in [-0.2, -0.15) is 13.2 Å². The summed E-state index contributed by atoms with van der Waals surface area (Å²) in [6.45, 7) is 1.41. The Balaban J connectivity index is 2.17. The van der Waals surface area contributed by atoms with Crippen LogP contribution in [-0.2, 0) is 16.5 Å². The molecule has 3 rings (SSSR count). The van der Waals surface area contributed by atoms with Gasteiger partial charge in [0.15, 0.2) is 5.96 Å². The molecule has 1 fully saturated rings. The number of amides is 1. The van der Waals surface area contributed by atoms with Crippen molar-refractivity contribution >= 4 is 11.9 Å². The predicted molar refractivity (Wildman–Crippen MR) is 91.5 cm³/mol. The topological polar surface area (TPSA) is 56.2 Å². The Labute approximate surface area is 157 Å². The fourth-order valence-corrected chi connectivity index (χ4v) is 3.41. The highest BCUT2D eigenvalue weighted by atomic mass is 19.4. The van der Waals surface area contributed by atoms with E-state index in [0.717, 1.165) is 47.4 Å². The molecule has 2 N–H and O–H groups in total. The summed E-state index contributed by atoms with van der Waals surface area (Å²) in [6.07, 6.45) is -4.55. The molecule has 0 bridgehead atoms. The number of hydrogen-bond donors (Lipinski definition) is 2. The highest BCUT2D eigenvalue weighted by molar-refractivity contribution is 6.02. The third-order valence-electron chi connectivity index (χ3n) is 4.93. The predicted octanol–water partition coefficient (Wildman–Crippen LogP) is 3.98. The summed E-state index contributed by atoms with van der Waals surface area (Å²) in [7, 11) is 1.32. The van der Waals surface area contributed by atoms with E-state index in [0.29, 0.717) is 0 Å². The lowest BCUT2D eigenvalue weighted by Crippen LogP contribution is -2.62. The highest BCUT2D eigenvalue weighted by Gasteiger charge is 2.49. The first-order valence-electron chi connectivity index (χ1n) is 8.22. The summed E-state index contributed by atoms with van der Waals surface area (Å²) in [4.78, 5) is 13.9. The molecule has 1 amide bonds. The minimum Gasteiger partial charge on any atom is -0.346 e. The first-order valence-corrected chi connectivity index (χ1v) is 8.22. The standard InChI is InChI=1S/C19H16F5N3O/c1-18(13-9-12(20)7-8-14(13)21)15(16(28)27(2)17(25)26-18)10-3-5-11(6-4-10)19(22,23)24/h3-9,15H,1-2H3,(H2,25,26)/t15-,18-/m1/s1. The van der Waals surface area contributed by atoms with Crippen molar-refractivity contribution in [2.24, 2.45) is 0 Å². The maximum absolute atomic E-state index is 14.5. The number of carbonyl (C=O) groups excluding carboxylic acids is 1. The lowest BCUT2D eigenvalue weighted by Gasteiger charge is -2.46. The Morgan fingerprint density at radius 2 is 1.71 bits per heavy atom. The summed E-state index contributed by atoms with van der Waals surface area (Å²) in [5.41, 5.74) is -2.51. The van der Waals surface area contributed by atoms with E-state index in [4.69, 9.17) is 5.41 Å². The van der Waals surface area contributed by atoms with Crippen molar-refractivity contribution in [3.05, 3.63) is 70.8 Å². The van der Waals surface area contributed by atoms with Crippen LogP contribution in [0.25, 0.3) is 0 Å². The van der Waals surface area contributed by atoms with E-state index in [9.17, 15) is 26.7 Å². The number of nitrogens with one attached hydrogen (secondary N) is 2. The van der Waals surface area contributed by atoms with Crippen molar-refractivity contribution in [2.75, 3.05) is 7.05 Å². The minimum atomic E-state index is -4.55. The van der Waals surface area contributed by atoms with Crippen LogP contribution in [0.2, 0.25) is 0 Å². The molecule has 0 unspecified atom stereocenters. The molecular formula is C19H16F5N3O. The maximum atomic E-state index is 14.5. The SMILES string of the molecule is CN1C(=N)N[C@](C)(c2cc(F)ccc2F)[C@H](c2ccc(C(F)(F)F)cc2)C1=O. The molecule has 2 aromatic rings. The smallest absolute Gasteiger partial charge is 0.346 e. The van der Waals surface area contributed by atoms with Crippen LogP contribution in [-0.4, -0.2) is 23.8 Å². The third-order valence-corrected chi connectivity index (χ3v) is 4.93. The molecule has 28 heavy (non-hydrogen) atoms. The van der Waals surface area contributed by atoms with Crippen molar-refractivity contribution in [1.82, 2.24) is 10.2 Å². The van der Waals surface area contributed by atoms with E-state index in [2.05, 4.69) is 5.32 Å². The van der Waals surface area contributed by atoms with Gasteiger partial charge in [0.05, 0.1) is 17.0 Å². The second kappa shape index (κ2) is 6.57.